The van der Waals surface area contributed by atoms with E-state index in [0.29, 0.717) is 35.3 Å². The van der Waals surface area contributed by atoms with Crippen LogP contribution in [-0.2, 0) is 0 Å². The molecule has 0 bridgehead atoms. The number of carbonyl (C=O) groups is 1. The Hall–Kier alpha value is -2.20. The van der Waals surface area contributed by atoms with Crippen LogP contribution in [0.1, 0.15) is 10.4 Å². The van der Waals surface area contributed by atoms with Gasteiger partial charge in [0.2, 0.25) is 0 Å². The summed E-state index contributed by atoms with van der Waals surface area (Å²) in [6.45, 7) is 0.786. The molecule has 2 rings (SSSR count). The summed E-state index contributed by atoms with van der Waals surface area (Å²) in [5.41, 5.74) is 0.629. The zero-order chi connectivity index (χ0) is 15.9. The molecule has 0 unspecified atom stereocenters. The van der Waals surface area contributed by atoms with Gasteiger partial charge in [-0.25, -0.2) is 0 Å². The Bertz CT molecular complexity index is 626. The minimum Gasteiger partial charge on any atom is -0.490 e. The Balaban J connectivity index is 1.80. The Morgan fingerprint density at radius 3 is 2.27 bits per heavy atom. The van der Waals surface area contributed by atoms with Crippen LogP contribution in [0.3, 0.4) is 0 Å². The maximum absolute atomic E-state index is 11.8. The molecule has 22 heavy (non-hydrogen) atoms. The van der Waals surface area contributed by atoms with Crippen LogP contribution in [0.5, 0.6) is 11.5 Å². The fourth-order valence-electron chi connectivity index (χ4n) is 1.82. The number of carbonyl (C=O) groups excluding carboxylic acids is 1. The molecule has 0 atom stereocenters. The van der Waals surface area contributed by atoms with E-state index in [9.17, 15) is 4.79 Å². The molecule has 0 radical (unpaired) electrons. The van der Waals surface area contributed by atoms with Crippen LogP contribution in [-0.4, -0.2) is 38.1 Å². The number of rotatable bonds is 6. The van der Waals surface area contributed by atoms with E-state index in [2.05, 4.69) is 0 Å². The van der Waals surface area contributed by atoms with Crippen molar-refractivity contribution in [2.24, 2.45) is 0 Å². The molecular weight excluding hydrogens is 302 g/mol. The normalized spacial score (nSPS) is 10.1. The summed E-state index contributed by atoms with van der Waals surface area (Å²) in [4.78, 5) is 13.3. The summed E-state index contributed by atoms with van der Waals surface area (Å²) < 4.78 is 11.1. The summed E-state index contributed by atoms with van der Waals surface area (Å²) >= 11 is 5.99. The first-order chi connectivity index (χ1) is 10.6. The van der Waals surface area contributed by atoms with Gasteiger partial charge in [0, 0.05) is 19.7 Å². The van der Waals surface area contributed by atoms with Gasteiger partial charge in [0.05, 0.1) is 5.02 Å². The number of hydrogen-bond donors (Lipinski definition) is 0. The van der Waals surface area contributed by atoms with Crippen LogP contribution >= 0.6 is 11.6 Å². The Morgan fingerprint density at radius 2 is 1.64 bits per heavy atom. The zero-order valence-corrected chi connectivity index (χ0v) is 13.3. The van der Waals surface area contributed by atoms with Crippen molar-refractivity contribution in [3.8, 4) is 11.5 Å². The van der Waals surface area contributed by atoms with Gasteiger partial charge < -0.3 is 14.4 Å². The second-order valence-corrected chi connectivity index (χ2v) is 5.26. The minimum atomic E-state index is -0.0337. The van der Waals surface area contributed by atoms with Crippen molar-refractivity contribution in [3.63, 3.8) is 0 Å². The van der Waals surface area contributed by atoms with Crippen molar-refractivity contribution in [1.29, 1.82) is 0 Å². The second-order valence-electron chi connectivity index (χ2n) is 4.85. The van der Waals surface area contributed by atoms with Gasteiger partial charge in [0.25, 0.3) is 5.91 Å². The van der Waals surface area contributed by atoms with E-state index >= 15 is 0 Å². The highest BCUT2D eigenvalue weighted by atomic mass is 35.5. The fourth-order valence-corrected chi connectivity index (χ4v) is 2.02. The van der Waals surface area contributed by atoms with Gasteiger partial charge in [-0.05, 0) is 36.4 Å². The molecule has 0 fully saturated rings. The minimum absolute atomic E-state index is 0.0337. The van der Waals surface area contributed by atoms with Crippen LogP contribution in [0.25, 0.3) is 0 Å². The monoisotopic (exact) mass is 319 g/mol. The number of para-hydroxylation sites is 1. The average molecular weight is 320 g/mol. The Morgan fingerprint density at radius 1 is 1.00 bits per heavy atom. The molecule has 0 N–H and O–H groups in total. The maximum atomic E-state index is 11.8. The first kappa shape index (κ1) is 16.2. The van der Waals surface area contributed by atoms with Crippen molar-refractivity contribution in [3.05, 3.63) is 59.1 Å². The van der Waals surface area contributed by atoms with Gasteiger partial charge in [0.15, 0.2) is 0 Å². The van der Waals surface area contributed by atoms with Crippen LogP contribution in [0.4, 0.5) is 0 Å². The van der Waals surface area contributed by atoms with Gasteiger partial charge in [-0.3, -0.25) is 4.79 Å². The van der Waals surface area contributed by atoms with Crippen molar-refractivity contribution in [2.75, 3.05) is 27.3 Å². The van der Waals surface area contributed by atoms with E-state index < -0.39 is 0 Å². The summed E-state index contributed by atoms with van der Waals surface area (Å²) in [5.74, 6) is 1.30. The first-order valence-corrected chi connectivity index (χ1v) is 7.27. The predicted octanol–water partition coefficient (Wildman–Crippen LogP) is 3.50. The van der Waals surface area contributed by atoms with Crippen LogP contribution in [0.15, 0.2) is 48.5 Å². The lowest BCUT2D eigenvalue weighted by molar-refractivity contribution is 0.0827. The highest BCUT2D eigenvalue weighted by Gasteiger charge is 2.07. The third-order valence-corrected chi connectivity index (χ3v) is 3.27. The van der Waals surface area contributed by atoms with E-state index in [1.807, 2.05) is 18.2 Å². The highest BCUT2D eigenvalue weighted by Crippen LogP contribution is 2.23. The molecule has 0 aliphatic carbocycles. The molecule has 116 valence electrons. The number of hydrogen-bond acceptors (Lipinski definition) is 3. The molecule has 0 saturated carbocycles. The largest absolute Gasteiger partial charge is 0.490 e. The van der Waals surface area contributed by atoms with E-state index in [4.69, 9.17) is 21.1 Å². The van der Waals surface area contributed by atoms with Gasteiger partial charge >= 0.3 is 0 Å². The predicted molar refractivity (Wildman–Crippen MR) is 86.9 cm³/mol. The Labute approximate surface area is 135 Å². The smallest absolute Gasteiger partial charge is 0.253 e. The van der Waals surface area contributed by atoms with Crippen molar-refractivity contribution in [2.45, 2.75) is 0 Å². The lowest BCUT2D eigenvalue weighted by atomic mass is 10.2. The fraction of sp³-hybridized carbons (Fsp3) is 0.235. The number of benzene rings is 2. The highest BCUT2D eigenvalue weighted by molar-refractivity contribution is 6.32. The van der Waals surface area contributed by atoms with Crippen LogP contribution < -0.4 is 9.47 Å². The topological polar surface area (TPSA) is 38.8 Å². The number of halogens is 1. The van der Waals surface area contributed by atoms with Crippen LogP contribution in [0.2, 0.25) is 5.02 Å². The van der Waals surface area contributed by atoms with Crippen molar-refractivity contribution in [1.82, 2.24) is 4.90 Å². The van der Waals surface area contributed by atoms with Crippen LogP contribution in [0, 0.1) is 0 Å². The molecule has 2 aromatic rings. The molecule has 0 aliphatic heterocycles. The Kier molecular flexibility index (Phi) is 5.67. The molecule has 0 heterocycles. The average Bonchev–Trinajstić information content (AvgIpc) is 2.53. The summed E-state index contributed by atoms with van der Waals surface area (Å²) in [6.07, 6.45) is 0. The molecule has 4 nitrogen and oxygen atoms in total. The first-order valence-electron chi connectivity index (χ1n) is 6.90. The summed E-state index contributed by atoms with van der Waals surface area (Å²) in [5, 5.41) is 0.578. The zero-order valence-electron chi connectivity index (χ0n) is 12.6. The van der Waals surface area contributed by atoms with E-state index in [0.717, 1.165) is 0 Å². The number of nitrogens with zero attached hydrogens (tertiary/aromatic N) is 1. The molecule has 5 heteroatoms. The summed E-state index contributed by atoms with van der Waals surface area (Å²) in [6, 6.07) is 14.3. The van der Waals surface area contributed by atoms with Crippen molar-refractivity contribution < 1.29 is 14.3 Å². The molecule has 1 amide bonds. The summed E-state index contributed by atoms with van der Waals surface area (Å²) in [7, 11) is 3.44. The lowest BCUT2D eigenvalue weighted by Gasteiger charge is -2.11. The molecular formula is C17H18ClNO3. The molecule has 0 aliphatic rings. The molecule has 0 saturated heterocycles. The third-order valence-electron chi connectivity index (χ3n) is 2.95. The third kappa shape index (κ3) is 4.40. The standard InChI is InChI=1S/C17H18ClNO3/c1-19(2)17(20)13-7-9-14(10-8-13)21-11-12-22-16-6-4-3-5-15(16)18/h3-10H,11-12H2,1-2H3. The van der Waals surface area contributed by atoms with Crippen molar-refractivity contribution >= 4 is 17.5 Å². The lowest BCUT2D eigenvalue weighted by Crippen LogP contribution is -2.21. The molecule has 0 spiro atoms. The SMILES string of the molecule is CN(C)C(=O)c1ccc(OCCOc2ccccc2Cl)cc1. The number of ether oxygens (including phenoxy) is 2. The molecule has 0 aromatic heterocycles. The van der Waals surface area contributed by atoms with Gasteiger partial charge in [-0.15, -0.1) is 0 Å². The number of amides is 1. The molecule has 2 aromatic carbocycles. The quantitative estimate of drug-likeness (QED) is 0.765. The van der Waals surface area contributed by atoms with E-state index in [1.165, 1.54) is 4.90 Å². The van der Waals surface area contributed by atoms with E-state index in [-0.39, 0.29) is 5.91 Å². The maximum Gasteiger partial charge on any atom is 0.253 e. The van der Waals surface area contributed by atoms with Gasteiger partial charge in [0.1, 0.15) is 24.7 Å². The van der Waals surface area contributed by atoms with E-state index in [1.54, 1.807) is 44.4 Å². The van der Waals surface area contributed by atoms with Gasteiger partial charge in [-0.1, -0.05) is 23.7 Å². The van der Waals surface area contributed by atoms with Gasteiger partial charge in [-0.2, -0.15) is 0 Å². The second kappa shape index (κ2) is 7.71.